The highest BCUT2D eigenvalue weighted by molar-refractivity contribution is 6.05. The standard InChI is InChI=1S/C30H29FN4O4/c1-18-8-13-23(24(31)16-18)25-17-32-28(33-25)27(19(2)20-6-4-3-5-7-20)35-29(37)26(34-30(35)38)21-9-11-22(12-10-21)39-15-14-36/h3-13,16-17,19,26-27,36H,14-15H2,1-2H3,(H,32,33)(H,34,38)/t19-,26+,27-/m0/s1. The van der Waals surface area contributed by atoms with E-state index < -0.39 is 24.0 Å². The van der Waals surface area contributed by atoms with Crippen molar-refractivity contribution in [2.45, 2.75) is 31.8 Å². The number of carbonyl (C=O) groups excluding carboxylic acids is 2. The molecule has 0 saturated carbocycles. The van der Waals surface area contributed by atoms with Crippen molar-refractivity contribution in [3.63, 3.8) is 0 Å². The van der Waals surface area contributed by atoms with Gasteiger partial charge in [-0.25, -0.2) is 14.2 Å². The zero-order valence-electron chi connectivity index (χ0n) is 21.6. The molecule has 3 atom stereocenters. The average molecular weight is 529 g/mol. The Morgan fingerprint density at radius 2 is 1.82 bits per heavy atom. The van der Waals surface area contributed by atoms with E-state index in [4.69, 9.17) is 9.84 Å². The molecule has 8 nitrogen and oxygen atoms in total. The molecule has 9 heteroatoms. The van der Waals surface area contributed by atoms with Crippen molar-refractivity contribution in [2.24, 2.45) is 0 Å². The van der Waals surface area contributed by atoms with Crippen LogP contribution in [0.4, 0.5) is 9.18 Å². The van der Waals surface area contributed by atoms with E-state index in [0.717, 1.165) is 11.1 Å². The van der Waals surface area contributed by atoms with Crippen LogP contribution in [0.5, 0.6) is 5.75 Å². The molecule has 0 aliphatic carbocycles. The van der Waals surface area contributed by atoms with Gasteiger partial charge in [-0.05, 0) is 47.9 Å². The Morgan fingerprint density at radius 1 is 1.08 bits per heavy atom. The molecule has 1 saturated heterocycles. The maximum absolute atomic E-state index is 14.7. The number of hydrogen-bond donors (Lipinski definition) is 3. The number of aliphatic hydroxyl groups excluding tert-OH is 1. The molecule has 3 amide bonds. The molecule has 1 aliphatic rings. The summed E-state index contributed by atoms with van der Waals surface area (Å²) >= 11 is 0. The summed E-state index contributed by atoms with van der Waals surface area (Å²) in [5, 5.41) is 11.8. The first kappa shape index (κ1) is 26.1. The fourth-order valence-corrected chi connectivity index (χ4v) is 4.89. The second kappa shape index (κ2) is 11.1. The Labute approximate surface area is 225 Å². The average Bonchev–Trinajstić information content (AvgIpc) is 3.53. The monoisotopic (exact) mass is 528 g/mol. The van der Waals surface area contributed by atoms with Gasteiger partial charge in [0.2, 0.25) is 0 Å². The number of hydrogen-bond acceptors (Lipinski definition) is 5. The van der Waals surface area contributed by atoms with E-state index in [2.05, 4.69) is 15.3 Å². The van der Waals surface area contributed by atoms with Crippen LogP contribution < -0.4 is 10.1 Å². The molecule has 0 bridgehead atoms. The number of halogens is 1. The first-order valence-corrected chi connectivity index (χ1v) is 12.7. The van der Waals surface area contributed by atoms with Gasteiger partial charge in [-0.2, -0.15) is 0 Å². The molecule has 0 radical (unpaired) electrons. The fourth-order valence-electron chi connectivity index (χ4n) is 4.89. The van der Waals surface area contributed by atoms with Crippen molar-refractivity contribution in [2.75, 3.05) is 13.2 Å². The molecule has 3 aromatic carbocycles. The predicted octanol–water partition coefficient (Wildman–Crippen LogP) is 5.03. The number of H-pyrrole nitrogens is 1. The molecular weight excluding hydrogens is 499 g/mol. The SMILES string of the molecule is Cc1ccc(-c2cnc([C@H]([C@@H](C)c3ccccc3)N3C(=O)N[C@H](c4ccc(OCCO)cc4)C3=O)[nH]2)c(F)c1. The number of aliphatic hydroxyl groups is 1. The number of benzene rings is 3. The molecule has 2 heterocycles. The zero-order chi connectivity index (χ0) is 27.5. The van der Waals surface area contributed by atoms with E-state index in [1.165, 1.54) is 17.2 Å². The van der Waals surface area contributed by atoms with Crippen molar-refractivity contribution in [1.29, 1.82) is 0 Å². The number of imide groups is 1. The van der Waals surface area contributed by atoms with Crippen LogP contribution >= 0.6 is 0 Å². The lowest BCUT2D eigenvalue weighted by Gasteiger charge is -2.29. The van der Waals surface area contributed by atoms with Crippen molar-refractivity contribution < 1.29 is 23.8 Å². The van der Waals surface area contributed by atoms with Gasteiger partial charge in [-0.1, -0.05) is 55.5 Å². The quantitative estimate of drug-likeness (QED) is 0.264. The third kappa shape index (κ3) is 5.26. The van der Waals surface area contributed by atoms with Crippen LogP contribution in [0.25, 0.3) is 11.3 Å². The lowest BCUT2D eigenvalue weighted by atomic mass is 9.91. The van der Waals surface area contributed by atoms with Crippen molar-refractivity contribution in [3.8, 4) is 17.0 Å². The summed E-state index contributed by atoms with van der Waals surface area (Å²) in [4.78, 5) is 36.0. The highest BCUT2D eigenvalue weighted by Crippen LogP contribution is 2.39. The van der Waals surface area contributed by atoms with Crippen LogP contribution in [0, 0.1) is 12.7 Å². The molecule has 1 aromatic heterocycles. The summed E-state index contributed by atoms with van der Waals surface area (Å²) in [6.45, 7) is 3.78. The summed E-state index contributed by atoms with van der Waals surface area (Å²) in [7, 11) is 0. The Balaban J connectivity index is 1.50. The van der Waals surface area contributed by atoms with Crippen LogP contribution in [-0.4, -0.2) is 45.1 Å². The molecule has 0 spiro atoms. The smallest absolute Gasteiger partial charge is 0.325 e. The number of imidazole rings is 1. The predicted molar refractivity (Wildman–Crippen MR) is 143 cm³/mol. The highest BCUT2D eigenvalue weighted by atomic mass is 19.1. The van der Waals surface area contributed by atoms with Crippen molar-refractivity contribution in [3.05, 3.63) is 107 Å². The minimum atomic E-state index is -0.890. The Bertz CT molecular complexity index is 1470. The number of rotatable bonds is 9. The largest absolute Gasteiger partial charge is 0.491 e. The number of aryl methyl sites for hydroxylation is 1. The number of nitrogens with one attached hydrogen (secondary N) is 2. The van der Waals surface area contributed by atoms with Gasteiger partial charge in [0.15, 0.2) is 0 Å². The zero-order valence-corrected chi connectivity index (χ0v) is 21.6. The molecule has 200 valence electrons. The third-order valence-electron chi connectivity index (χ3n) is 6.91. The van der Waals surface area contributed by atoms with E-state index in [1.807, 2.05) is 50.2 Å². The number of aromatic amines is 1. The van der Waals surface area contributed by atoms with Crippen LogP contribution in [-0.2, 0) is 4.79 Å². The Morgan fingerprint density at radius 3 is 2.51 bits per heavy atom. The molecule has 0 unspecified atom stereocenters. The van der Waals surface area contributed by atoms with Gasteiger partial charge >= 0.3 is 6.03 Å². The van der Waals surface area contributed by atoms with E-state index in [1.54, 1.807) is 30.3 Å². The van der Waals surface area contributed by atoms with Gasteiger partial charge in [0.05, 0.1) is 18.5 Å². The van der Waals surface area contributed by atoms with Crippen LogP contribution in [0.15, 0.2) is 79.0 Å². The van der Waals surface area contributed by atoms with Crippen molar-refractivity contribution in [1.82, 2.24) is 20.2 Å². The lowest BCUT2D eigenvalue weighted by molar-refractivity contribution is -0.129. The van der Waals surface area contributed by atoms with Gasteiger partial charge in [0.25, 0.3) is 5.91 Å². The van der Waals surface area contributed by atoms with Crippen LogP contribution in [0.3, 0.4) is 0 Å². The normalized spacial score (nSPS) is 16.7. The lowest BCUT2D eigenvalue weighted by Crippen LogP contribution is -2.38. The summed E-state index contributed by atoms with van der Waals surface area (Å²) in [6, 6.07) is 19.1. The summed E-state index contributed by atoms with van der Waals surface area (Å²) in [5.74, 6) is -0.215. The van der Waals surface area contributed by atoms with Gasteiger partial charge in [0, 0.05) is 11.5 Å². The van der Waals surface area contributed by atoms with E-state index >= 15 is 0 Å². The second-order valence-electron chi connectivity index (χ2n) is 9.54. The minimum absolute atomic E-state index is 0.111. The number of nitrogens with zero attached hydrogens (tertiary/aromatic N) is 2. The minimum Gasteiger partial charge on any atom is -0.491 e. The number of carbonyl (C=O) groups is 2. The second-order valence-corrected chi connectivity index (χ2v) is 9.54. The summed E-state index contributed by atoms with van der Waals surface area (Å²) < 4.78 is 20.1. The van der Waals surface area contributed by atoms with Crippen LogP contribution in [0.1, 0.15) is 47.4 Å². The molecule has 39 heavy (non-hydrogen) atoms. The summed E-state index contributed by atoms with van der Waals surface area (Å²) in [5.41, 5.74) is 3.11. The Kier molecular flexibility index (Phi) is 7.42. The van der Waals surface area contributed by atoms with Crippen LogP contribution in [0.2, 0.25) is 0 Å². The number of urea groups is 1. The molecule has 5 rings (SSSR count). The first-order chi connectivity index (χ1) is 18.9. The first-order valence-electron chi connectivity index (χ1n) is 12.7. The van der Waals surface area contributed by atoms with Crippen molar-refractivity contribution >= 4 is 11.9 Å². The van der Waals surface area contributed by atoms with Gasteiger partial charge < -0.3 is 20.1 Å². The maximum Gasteiger partial charge on any atom is 0.325 e. The molecular formula is C30H29FN4O4. The topological polar surface area (TPSA) is 108 Å². The third-order valence-corrected chi connectivity index (χ3v) is 6.91. The number of amides is 3. The van der Waals surface area contributed by atoms with Gasteiger partial charge in [-0.3, -0.25) is 9.69 Å². The fraction of sp³-hybridized carbons (Fsp3) is 0.233. The molecule has 4 aromatic rings. The molecule has 1 aliphatic heterocycles. The molecule has 1 fully saturated rings. The highest BCUT2D eigenvalue weighted by Gasteiger charge is 2.46. The number of ether oxygens (including phenoxy) is 1. The Hall–Kier alpha value is -4.50. The van der Waals surface area contributed by atoms with E-state index in [0.29, 0.717) is 28.4 Å². The van der Waals surface area contributed by atoms with Gasteiger partial charge in [-0.15, -0.1) is 0 Å². The van der Waals surface area contributed by atoms with Gasteiger partial charge in [0.1, 0.15) is 36.1 Å². The summed E-state index contributed by atoms with van der Waals surface area (Å²) in [6.07, 6.45) is 1.52. The maximum atomic E-state index is 14.7. The van der Waals surface area contributed by atoms with E-state index in [-0.39, 0.29) is 24.9 Å². The molecule has 3 N–H and O–H groups in total. The number of aromatic nitrogens is 2. The van der Waals surface area contributed by atoms with E-state index in [9.17, 15) is 14.0 Å².